The molecule has 0 N–H and O–H groups in total. The summed E-state index contributed by atoms with van der Waals surface area (Å²) in [4.78, 5) is 7.12. The monoisotopic (exact) mass is 289 g/mol. The van der Waals surface area contributed by atoms with Gasteiger partial charge in [-0.3, -0.25) is 4.39 Å². The molecular weight excluding hydrogens is 253 g/mol. The average Bonchev–Trinajstić information content (AvgIpc) is 2.43. The van der Waals surface area contributed by atoms with E-state index in [0.717, 1.165) is 39.1 Å². The SMILES string of the molecule is CCCCCN(C)CCN(C)CCN(C)CCCCF. The maximum atomic E-state index is 12.0. The van der Waals surface area contributed by atoms with Crippen molar-refractivity contribution in [1.29, 1.82) is 0 Å². The van der Waals surface area contributed by atoms with Gasteiger partial charge in [-0.15, -0.1) is 0 Å². The second-order valence-electron chi connectivity index (χ2n) is 6.01. The van der Waals surface area contributed by atoms with Gasteiger partial charge in [-0.1, -0.05) is 19.8 Å². The van der Waals surface area contributed by atoms with Gasteiger partial charge in [0.2, 0.25) is 0 Å². The van der Waals surface area contributed by atoms with E-state index in [4.69, 9.17) is 0 Å². The number of hydrogen-bond acceptors (Lipinski definition) is 3. The van der Waals surface area contributed by atoms with Crippen LogP contribution in [-0.2, 0) is 0 Å². The number of likely N-dealkylation sites (N-methyl/N-ethyl adjacent to an activating group) is 3. The standard InChI is InChI=1S/C16H36FN3/c1-5-6-8-11-18(2)13-15-20(4)16-14-19(3)12-9-7-10-17/h5-16H2,1-4H3. The summed E-state index contributed by atoms with van der Waals surface area (Å²) >= 11 is 0. The lowest BCUT2D eigenvalue weighted by Gasteiger charge is -2.24. The molecule has 0 aliphatic rings. The van der Waals surface area contributed by atoms with E-state index in [2.05, 4.69) is 42.8 Å². The van der Waals surface area contributed by atoms with Crippen molar-refractivity contribution in [3.05, 3.63) is 0 Å². The van der Waals surface area contributed by atoms with Crippen LogP contribution in [0, 0.1) is 0 Å². The summed E-state index contributed by atoms with van der Waals surface area (Å²) in [5.41, 5.74) is 0. The number of hydrogen-bond donors (Lipinski definition) is 0. The molecule has 0 aliphatic carbocycles. The number of halogens is 1. The first kappa shape index (κ1) is 19.8. The van der Waals surface area contributed by atoms with E-state index in [1.807, 2.05) is 0 Å². The molecule has 0 aromatic heterocycles. The molecule has 0 spiro atoms. The van der Waals surface area contributed by atoms with Crippen molar-refractivity contribution < 1.29 is 4.39 Å². The minimum Gasteiger partial charge on any atom is -0.305 e. The van der Waals surface area contributed by atoms with Gasteiger partial charge in [-0.25, -0.2) is 0 Å². The Morgan fingerprint density at radius 1 is 0.600 bits per heavy atom. The molecule has 4 heteroatoms. The maximum Gasteiger partial charge on any atom is 0.0894 e. The predicted octanol–water partition coefficient (Wildman–Crippen LogP) is 2.72. The Bertz CT molecular complexity index is 182. The number of unbranched alkanes of at least 4 members (excludes halogenated alkanes) is 3. The van der Waals surface area contributed by atoms with Crippen LogP contribution in [0.15, 0.2) is 0 Å². The molecule has 0 aromatic carbocycles. The van der Waals surface area contributed by atoms with Crippen molar-refractivity contribution in [3.8, 4) is 0 Å². The van der Waals surface area contributed by atoms with E-state index in [-0.39, 0.29) is 6.67 Å². The maximum absolute atomic E-state index is 12.0. The highest BCUT2D eigenvalue weighted by Crippen LogP contribution is 1.97. The average molecular weight is 289 g/mol. The summed E-state index contributed by atoms with van der Waals surface area (Å²) in [7, 11) is 6.53. The molecule has 0 fully saturated rings. The molecule has 0 bridgehead atoms. The summed E-state index contributed by atoms with van der Waals surface area (Å²) in [6.45, 7) is 8.72. The molecule has 0 rings (SSSR count). The summed E-state index contributed by atoms with van der Waals surface area (Å²) in [5, 5.41) is 0. The fraction of sp³-hybridized carbons (Fsp3) is 1.00. The van der Waals surface area contributed by atoms with Gasteiger partial charge in [0.15, 0.2) is 0 Å². The number of alkyl halides is 1. The lowest BCUT2D eigenvalue weighted by atomic mass is 10.2. The van der Waals surface area contributed by atoms with Crippen LogP contribution in [0.25, 0.3) is 0 Å². The van der Waals surface area contributed by atoms with Crippen molar-refractivity contribution >= 4 is 0 Å². The normalized spacial score (nSPS) is 12.0. The molecule has 0 radical (unpaired) electrons. The Morgan fingerprint density at radius 3 is 1.40 bits per heavy atom. The van der Waals surface area contributed by atoms with Crippen molar-refractivity contribution in [2.75, 3.05) is 67.1 Å². The second kappa shape index (κ2) is 13.8. The van der Waals surface area contributed by atoms with Crippen molar-refractivity contribution in [3.63, 3.8) is 0 Å². The molecule has 0 aromatic rings. The quantitative estimate of drug-likeness (QED) is 0.455. The highest BCUT2D eigenvalue weighted by Gasteiger charge is 2.04. The minimum absolute atomic E-state index is 0.182. The Kier molecular flexibility index (Phi) is 13.6. The molecule has 3 nitrogen and oxygen atoms in total. The first-order chi connectivity index (χ1) is 9.60. The van der Waals surface area contributed by atoms with Gasteiger partial charge in [0.05, 0.1) is 6.67 Å². The molecule has 0 saturated carbocycles. The molecule has 0 heterocycles. The number of rotatable bonds is 14. The van der Waals surface area contributed by atoms with Crippen LogP contribution in [0.4, 0.5) is 4.39 Å². The predicted molar refractivity (Wildman–Crippen MR) is 87.2 cm³/mol. The lowest BCUT2D eigenvalue weighted by molar-refractivity contribution is 0.222. The van der Waals surface area contributed by atoms with E-state index in [9.17, 15) is 4.39 Å². The second-order valence-corrected chi connectivity index (χ2v) is 6.01. The Labute approximate surface area is 126 Å². The smallest absolute Gasteiger partial charge is 0.0894 e. The van der Waals surface area contributed by atoms with Gasteiger partial charge in [-0.05, 0) is 53.5 Å². The van der Waals surface area contributed by atoms with Crippen LogP contribution < -0.4 is 0 Å². The minimum atomic E-state index is -0.182. The third-order valence-electron chi connectivity index (χ3n) is 3.79. The van der Waals surface area contributed by atoms with Crippen molar-refractivity contribution in [2.45, 2.75) is 39.0 Å². The van der Waals surface area contributed by atoms with Crippen LogP contribution >= 0.6 is 0 Å². The summed E-state index contributed by atoms with van der Waals surface area (Å²) < 4.78 is 12.0. The molecule has 0 atom stereocenters. The Morgan fingerprint density at radius 2 is 1.00 bits per heavy atom. The largest absolute Gasteiger partial charge is 0.305 e. The Balaban J connectivity index is 3.49. The summed E-state index contributed by atoms with van der Waals surface area (Å²) in [6, 6.07) is 0. The van der Waals surface area contributed by atoms with E-state index in [1.165, 1.54) is 25.8 Å². The molecule has 122 valence electrons. The van der Waals surface area contributed by atoms with E-state index >= 15 is 0 Å². The zero-order valence-corrected chi connectivity index (χ0v) is 14.2. The van der Waals surface area contributed by atoms with Crippen LogP contribution in [-0.4, -0.2) is 81.8 Å². The molecule has 0 unspecified atom stereocenters. The lowest BCUT2D eigenvalue weighted by Crippen LogP contribution is -2.36. The van der Waals surface area contributed by atoms with Crippen molar-refractivity contribution in [2.24, 2.45) is 0 Å². The zero-order valence-electron chi connectivity index (χ0n) is 14.2. The zero-order chi connectivity index (χ0) is 15.2. The summed E-state index contributed by atoms with van der Waals surface area (Å²) in [5.74, 6) is 0. The van der Waals surface area contributed by atoms with Gasteiger partial charge in [0, 0.05) is 26.2 Å². The van der Waals surface area contributed by atoms with Crippen LogP contribution in [0.1, 0.15) is 39.0 Å². The molecule has 0 amide bonds. The van der Waals surface area contributed by atoms with Crippen molar-refractivity contribution in [1.82, 2.24) is 14.7 Å². The first-order valence-electron chi connectivity index (χ1n) is 8.21. The number of nitrogens with zero attached hydrogens (tertiary/aromatic N) is 3. The first-order valence-corrected chi connectivity index (χ1v) is 8.21. The van der Waals surface area contributed by atoms with E-state index in [0.29, 0.717) is 6.42 Å². The third kappa shape index (κ3) is 12.8. The fourth-order valence-electron chi connectivity index (χ4n) is 2.13. The van der Waals surface area contributed by atoms with Gasteiger partial charge in [0.25, 0.3) is 0 Å². The molecular formula is C16H36FN3. The van der Waals surface area contributed by atoms with E-state index in [1.54, 1.807) is 0 Å². The van der Waals surface area contributed by atoms with Gasteiger partial charge >= 0.3 is 0 Å². The Hall–Kier alpha value is -0.190. The van der Waals surface area contributed by atoms with Gasteiger partial charge in [-0.2, -0.15) is 0 Å². The highest BCUT2D eigenvalue weighted by atomic mass is 19.1. The molecule has 0 saturated heterocycles. The topological polar surface area (TPSA) is 9.72 Å². The van der Waals surface area contributed by atoms with E-state index < -0.39 is 0 Å². The van der Waals surface area contributed by atoms with Gasteiger partial charge < -0.3 is 14.7 Å². The molecule has 0 aliphatic heterocycles. The van der Waals surface area contributed by atoms with Crippen LogP contribution in [0.2, 0.25) is 0 Å². The summed E-state index contributed by atoms with van der Waals surface area (Å²) in [6.07, 6.45) is 5.61. The highest BCUT2D eigenvalue weighted by molar-refractivity contribution is 4.60. The van der Waals surface area contributed by atoms with Gasteiger partial charge in [0.1, 0.15) is 0 Å². The van der Waals surface area contributed by atoms with Crippen LogP contribution in [0.5, 0.6) is 0 Å². The fourth-order valence-corrected chi connectivity index (χ4v) is 2.13. The third-order valence-corrected chi connectivity index (χ3v) is 3.79. The van der Waals surface area contributed by atoms with Crippen LogP contribution in [0.3, 0.4) is 0 Å². The molecule has 20 heavy (non-hydrogen) atoms.